The van der Waals surface area contributed by atoms with Gasteiger partial charge in [0, 0.05) is 45.8 Å². The minimum Gasteiger partial charge on any atom is -0.387 e. The maximum atomic E-state index is 11.9. The minimum absolute atomic E-state index is 0.0530. The first kappa shape index (κ1) is 15.4. The van der Waals surface area contributed by atoms with Gasteiger partial charge in [-0.3, -0.25) is 9.78 Å². The molecule has 1 aromatic rings. The van der Waals surface area contributed by atoms with Gasteiger partial charge in [0.15, 0.2) is 0 Å². The zero-order chi connectivity index (χ0) is 14.5. The highest BCUT2D eigenvalue weighted by Crippen LogP contribution is 2.11. The third-order valence-corrected chi connectivity index (χ3v) is 4.37. The van der Waals surface area contributed by atoms with E-state index in [0.717, 1.165) is 4.31 Å². The standard InChI is InChI=1S/C11H18N4O3S/c1-12-10-4-5-13-8-9(10)11(16)14-6-7-19(17,18)15(2)3/h4-5,8H,6-7H2,1-3H3,(H,12,13)(H,14,16). The average Bonchev–Trinajstić information content (AvgIpc) is 2.38. The molecule has 1 aromatic heterocycles. The monoisotopic (exact) mass is 286 g/mol. The number of nitrogens with one attached hydrogen (secondary N) is 2. The zero-order valence-electron chi connectivity index (χ0n) is 11.2. The second-order valence-electron chi connectivity index (χ2n) is 4.03. The van der Waals surface area contributed by atoms with Crippen LogP contribution in [-0.2, 0) is 10.0 Å². The molecule has 0 aliphatic heterocycles. The Kier molecular flexibility index (Phi) is 5.25. The van der Waals surface area contributed by atoms with E-state index in [2.05, 4.69) is 15.6 Å². The normalized spacial score (nSPS) is 11.4. The minimum atomic E-state index is -3.30. The molecule has 0 radical (unpaired) electrons. The number of hydrogen-bond donors (Lipinski definition) is 2. The maximum absolute atomic E-state index is 11.9. The second kappa shape index (κ2) is 6.48. The fourth-order valence-electron chi connectivity index (χ4n) is 1.36. The van der Waals surface area contributed by atoms with E-state index in [1.54, 1.807) is 19.3 Å². The predicted octanol–water partition coefficient (Wildman–Crippen LogP) is -0.255. The van der Waals surface area contributed by atoms with E-state index < -0.39 is 10.0 Å². The van der Waals surface area contributed by atoms with E-state index in [0.29, 0.717) is 11.3 Å². The molecule has 2 N–H and O–H groups in total. The summed E-state index contributed by atoms with van der Waals surface area (Å²) in [5.74, 6) is -0.493. The van der Waals surface area contributed by atoms with Crippen molar-refractivity contribution in [2.24, 2.45) is 0 Å². The Bertz CT molecular complexity index is 543. The summed E-state index contributed by atoms with van der Waals surface area (Å²) in [6.45, 7) is 0.0530. The summed E-state index contributed by atoms with van der Waals surface area (Å²) in [5.41, 5.74) is 1.02. The summed E-state index contributed by atoms with van der Waals surface area (Å²) in [4.78, 5) is 15.8. The Morgan fingerprint density at radius 3 is 2.68 bits per heavy atom. The molecule has 0 aromatic carbocycles. The summed E-state index contributed by atoms with van der Waals surface area (Å²) in [5, 5.41) is 5.43. The summed E-state index contributed by atoms with van der Waals surface area (Å²) in [6.07, 6.45) is 3.00. The number of sulfonamides is 1. The Morgan fingerprint density at radius 1 is 1.42 bits per heavy atom. The van der Waals surface area contributed by atoms with E-state index in [4.69, 9.17) is 0 Å². The predicted molar refractivity (Wildman–Crippen MR) is 73.6 cm³/mol. The molecule has 0 aliphatic rings. The first-order valence-electron chi connectivity index (χ1n) is 5.68. The van der Waals surface area contributed by atoms with Gasteiger partial charge in [-0.15, -0.1) is 0 Å². The number of carbonyl (C=O) groups is 1. The number of carbonyl (C=O) groups excluding carboxylic acids is 1. The van der Waals surface area contributed by atoms with Crippen LogP contribution in [0.2, 0.25) is 0 Å². The van der Waals surface area contributed by atoms with Crippen LogP contribution in [0.4, 0.5) is 5.69 Å². The third-order valence-electron chi connectivity index (χ3n) is 2.54. The molecule has 0 bridgehead atoms. The molecule has 1 heterocycles. The number of pyridine rings is 1. The molecule has 0 fully saturated rings. The molecule has 0 spiro atoms. The van der Waals surface area contributed by atoms with Crippen molar-refractivity contribution >= 4 is 21.6 Å². The summed E-state index contributed by atoms with van der Waals surface area (Å²) in [6, 6.07) is 1.67. The topological polar surface area (TPSA) is 91.4 Å². The van der Waals surface area contributed by atoms with Crippen molar-refractivity contribution in [2.75, 3.05) is 38.8 Å². The van der Waals surface area contributed by atoms with Crippen molar-refractivity contribution in [3.63, 3.8) is 0 Å². The molecule has 1 amide bonds. The van der Waals surface area contributed by atoms with Crippen LogP contribution >= 0.6 is 0 Å². The highest BCUT2D eigenvalue weighted by atomic mass is 32.2. The summed E-state index contributed by atoms with van der Waals surface area (Å²) < 4.78 is 24.2. The largest absolute Gasteiger partial charge is 0.387 e. The first-order chi connectivity index (χ1) is 8.88. The Hall–Kier alpha value is -1.67. The van der Waals surface area contributed by atoms with Crippen molar-refractivity contribution in [3.8, 4) is 0 Å². The fourth-order valence-corrected chi connectivity index (χ4v) is 2.09. The number of anilines is 1. The first-order valence-corrected chi connectivity index (χ1v) is 7.29. The molecule has 0 saturated heterocycles. The van der Waals surface area contributed by atoms with Gasteiger partial charge in [0.05, 0.1) is 11.3 Å². The van der Waals surface area contributed by atoms with Gasteiger partial charge in [0.25, 0.3) is 5.91 Å². The van der Waals surface area contributed by atoms with Gasteiger partial charge in [0.1, 0.15) is 0 Å². The molecule has 8 heteroatoms. The van der Waals surface area contributed by atoms with Crippen LogP contribution in [0.15, 0.2) is 18.5 Å². The molecule has 0 unspecified atom stereocenters. The molecule has 1 rings (SSSR count). The molecule has 19 heavy (non-hydrogen) atoms. The van der Waals surface area contributed by atoms with Gasteiger partial charge in [-0.05, 0) is 6.07 Å². The number of rotatable bonds is 6. The smallest absolute Gasteiger partial charge is 0.254 e. The lowest BCUT2D eigenvalue weighted by molar-refractivity contribution is 0.0956. The van der Waals surface area contributed by atoms with Crippen molar-refractivity contribution in [1.29, 1.82) is 0 Å². The molecule has 0 atom stereocenters. The van der Waals surface area contributed by atoms with Crippen LogP contribution in [0, 0.1) is 0 Å². The molecule has 106 valence electrons. The highest BCUT2D eigenvalue weighted by molar-refractivity contribution is 7.89. The number of amides is 1. The van der Waals surface area contributed by atoms with E-state index >= 15 is 0 Å². The van der Waals surface area contributed by atoms with Gasteiger partial charge >= 0.3 is 0 Å². The quantitative estimate of drug-likeness (QED) is 0.752. The van der Waals surface area contributed by atoms with Crippen molar-refractivity contribution in [1.82, 2.24) is 14.6 Å². The molecule has 0 saturated carbocycles. The van der Waals surface area contributed by atoms with E-state index in [-0.39, 0.29) is 18.2 Å². The number of aromatic nitrogens is 1. The van der Waals surface area contributed by atoms with Crippen molar-refractivity contribution in [2.45, 2.75) is 0 Å². The van der Waals surface area contributed by atoms with E-state index in [9.17, 15) is 13.2 Å². The lowest BCUT2D eigenvalue weighted by Crippen LogP contribution is -2.34. The van der Waals surface area contributed by atoms with Gasteiger partial charge in [-0.1, -0.05) is 0 Å². The van der Waals surface area contributed by atoms with Crippen LogP contribution in [0.5, 0.6) is 0 Å². The van der Waals surface area contributed by atoms with Crippen LogP contribution in [0.3, 0.4) is 0 Å². The second-order valence-corrected chi connectivity index (χ2v) is 6.33. The van der Waals surface area contributed by atoms with Gasteiger partial charge in [-0.25, -0.2) is 12.7 Å². The maximum Gasteiger partial charge on any atom is 0.254 e. The van der Waals surface area contributed by atoms with Gasteiger partial charge < -0.3 is 10.6 Å². The SMILES string of the molecule is CNc1ccncc1C(=O)NCCS(=O)(=O)N(C)C. The highest BCUT2D eigenvalue weighted by Gasteiger charge is 2.15. The van der Waals surface area contributed by atoms with E-state index in [1.165, 1.54) is 20.3 Å². The van der Waals surface area contributed by atoms with Gasteiger partial charge in [0.2, 0.25) is 10.0 Å². The van der Waals surface area contributed by atoms with Crippen molar-refractivity contribution in [3.05, 3.63) is 24.0 Å². The number of nitrogens with zero attached hydrogens (tertiary/aromatic N) is 2. The third kappa shape index (κ3) is 4.18. The Balaban J connectivity index is 2.62. The van der Waals surface area contributed by atoms with Crippen LogP contribution in [0.1, 0.15) is 10.4 Å². The van der Waals surface area contributed by atoms with E-state index in [1.807, 2.05) is 0 Å². The summed E-state index contributed by atoms with van der Waals surface area (Å²) >= 11 is 0. The molecular formula is C11H18N4O3S. The van der Waals surface area contributed by atoms with Crippen LogP contribution < -0.4 is 10.6 Å². The van der Waals surface area contributed by atoms with Crippen molar-refractivity contribution < 1.29 is 13.2 Å². The molecule has 7 nitrogen and oxygen atoms in total. The number of hydrogen-bond acceptors (Lipinski definition) is 5. The zero-order valence-corrected chi connectivity index (χ0v) is 12.0. The Morgan fingerprint density at radius 2 is 2.11 bits per heavy atom. The lowest BCUT2D eigenvalue weighted by atomic mass is 10.2. The Labute approximate surface area is 113 Å². The van der Waals surface area contributed by atoms with Crippen LogP contribution in [-0.4, -0.2) is 57.1 Å². The van der Waals surface area contributed by atoms with Crippen LogP contribution in [0.25, 0.3) is 0 Å². The molecular weight excluding hydrogens is 268 g/mol. The lowest BCUT2D eigenvalue weighted by Gasteiger charge is -2.12. The average molecular weight is 286 g/mol. The fraction of sp³-hybridized carbons (Fsp3) is 0.455. The summed E-state index contributed by atoms with van der Waals surface area (Å²) in [7, 11) is 1.30. The molecule has 0 aliphatic carbocycles. The van der Waals surface area contributed by atoms with Gasteiger partial charge in [-0.2, -0.15) is 0 Å².